The van der Waals surface area contributed by atoms with Crippen molar-refractivity contribution in [1.29, 1.82) is 0 Å². The molecule has 0 saturated heterocycles. The predicted octanol–water partition coefficient (Wildman–Crippen LogP) is 9.93. The molecule has 0 bridgehead atoms. The van der Waals surface area contributed by atoms with Gasteiger partial charge >= 0.3 is 184 Å². The molecule has 27 heavy (non-hydrogen) atoms. The van der Waals surface area contributed by atoms with Crippen LogP contribution in [0.15, 0.2) is 0 Å². The quantitative estimate of drug-likeness (QED) is 0.146. The van der Waals surface area contributed by atoms with Crippen molar-refractivity contribution in [1.82, 2.24) is 0 Å². The fraction of sp³-hybridized carbons (Fsp3) is 1.00. The van der Waals surface area contributed by atoms with E-state index in [1.165, 1.54) is 88.6 Å². The minimum absolute atomic E-state index is 0.983. The number of unbranched alkanes of at least 4 members (excludes halogenated alkanes) is 4. The molecule has 0 aliphatic heterocycles. The van der Waals surface area contributed by atoms with Crippen molar-refractivity contribution < 1.29 is 0 Å². The van der Waals surface area contributed by atoms with E-state index in [9.17, 15) is 0 Å². The molecule has 3 heteroatoms. The zero-order chi connectivity index (χ0) is 20.4. The van der Waals surface area contributed by atoms with Crippen LogP contribution in [0, 0.1) is 11.8 Å². The first-order valence-electron chi connectivity index (χ1n) is 12.4. The number of hydrogen-bond donors (Lipinski definition) is 0. The molecule has 0 aromatic carbocycles. The van der Waals surface area contributed by atoms with Gasteiger partial charge in [0.05, 0.1) is 0 Å². The second-order valence-corrected chi connectivity index (χ2v) is 35.0. The van der Waals surface area contributed by atoms with Crippen molar-refractivity contribution in [2.45, 2.75) is 127 Å². The first kappa shape index (κ1) is 28.5. The van der Waals surface area contributed by atoms with Gasteiger partial charge in [0.1, 0.15) is 0 Å². The van der Waals surface area contributed by atoms with Gasteiger partial charge in [0.25, 0.3) is 0 Å². The predicted molar refractivity (Wildman–Crippen MR) is 137 cm³/mol. The molecule has 0 aromatic rings. The van der Waals surface area contributed by atoms with E-state index in [1.807, 2.05) is 0 Å². The molecule has 0 heterocycles. The van der Waals surface area contributed by atoms with Crippen LogP contribution in [0.1, 0.15) is 119 Å². The Morgan fingerprint density at radius 1 is 0.556 bits per heavy atom. The molecular weight excluding hydrogens is 471 g/mol. The topological polar surface area (TPSA) is 0 Å². The molecule has 2 unspecified atom stereocenters. The van der Waals surface area contributed by atoms with Gasteiger partial charge in [-0.05, 0) is 0 Å². The monoisotopic (exact) mass is 524 g/mol. The van der Waals surface area contributed by atoms with Gasteiger partial charge in [-0.15, -0.1) is 0 Å². The molecule has 0 rings (SSSR count). The Bertz CT molecular complexity index is 279. The second-order valence-electron chi connectivity index (χ2n) is 8.57. The normalized spacial score (nSPS) is 14.4. The molecule has 0 saturated carbocycles. The molecule has 164 valence electrons. The Balaban J connectivity index is 5.00. The van der Waals surface area contributed by atoms with E-state index in [1.54, 1.807) is 8.87 Å². The first-order valence-corrected chi connectivity index (χ1v) is 25.4. The number of hydrogen-bond acceptors (Lipinski definition) is 2. The molecule has 0 spiro atoms. The van der Waals surface area contributed by atoms with Crippen LogP contribution in [-0.2, 0) is 0 Å². The van der Waals surface area contributed by atoms with Gasteiger partial charge in [-0.3, -0.25) is 0 Å². The van der Waals surface area contributed by atoms with Gasteiger partial charge in [0.2, 0.25) is 0 Å². The molecule has 0 amide bonds. The third kappa shape index (κ3) is 14.2. The molecule has 2 atom stereocenters. The van der Waals surface area contributed by atoms with Crippen LogP contribution in [0.25, 0.3) is 0 Å². The van der Waals surface area contributed by atoms with Crippen LogP contribution in [0.2, 0.25) is 8.87 Å². The van der Waals surface area contributed by atoms with Crippen LogP contribution in [-0.4, -0.2) is 27.1 Å². The van der Waals surface area contributed by atoms with Gasteiger partial charge in [0.15, 0.2) is 0 Å². The van der Waals surface area contributed by atoms with Crippen molar-refractivity contribution in [3.8, 4) is 0 Å². The molecule has 0 aromatic heterocycles. The molecule has 0 N–H and O–H groups in total. The van der Waals surface area contributed by atoms with E-state index in [-0.39, 0.29) is 0 Å². The van der Waals surface area contributed by atoms with Crippen molar-refractivity contribution >= 4 is 33.5 Å². The standard InChI is InChI=1S/2C8H18S.2C4H9.Sn/c2*1-3-5-6-8(4-2)7-9;2*1-3-4-2;/h2*8-9H,3-7H2,1-2H3;2*1,3-4H2,2H3;/q;;;;+2/p-2. The van der Waals surface area contributed by atoms with E-state index < -0.39 is 15.6 Å². The Morgan fingerprint density at radius 3 is 1.22 bits per heavy atom. The summed E-state index contributed by atoms with van der Waals surface area (Å²) in [7, 11) is 5.16. The maximum atomic E-state index is 2.58. The maximum absolute atomic E-state index is 2.58. The third-order valence-electron chi connectivity index (χ3n) is 6.07. The van der Waals surface area contributed by atoms with Crippen molar-refractivity contribution in [3.63, 3.8) is 0 Å². The molecule has 0 nitrogen and oxygen atoms in total. The summed E-state index contributed by atoms with van der Waals surface area (Å²) in [5.41, 5.74) is 0. The van der Waals surface area contributed by atoms with Crippen LogP contribution >= 0.6 is 17.9 Å². The summed E-state index contributed by atoms with van der Waals surface area (Å²) in [6, 6.07) is 0. The number of rotatable bonds is 20. The van der Waals surface area contributed by atoms with Crippen molar-refractivity contribution in [2.75, 3.05) is 11.5 Å². The first-order chi connectivity index (χ1) is 13.1. The van der Waals surface area contributed by atoms with Crippen LogP contribution in [0.4, 0.5) is 0 Å². The van der Waals surface area contributed by atoms with Crippen LogP contribution < -0.4 is 0 Å². The molecule has 0 fully saturated rings. The summed E-state index contributed by atoms with van der Waals surface area (Å²) < 4.78 is 3.27. The molecule has 0 aliphatic rings. The average molecular weight is 524 g/mol. The van der Waals surface area contributed by atoms with E-state index in [2.05, 4.69) is 59.4 Å². The summed E-state index contributed by atoms with van der Waals surface area (Å²) in [4.78, 5) is 0. The fourth-order valence-electron chi connectivity index (χ4n) is 3.68. The van der Waals surface area contributed by atoms with Crippen LogP contribution in [0.3, 0.4) is 0 Å². The summed E-state index contributed by atoms with van der Waals surface area (Å²) in [6.07, 6.45) is 17.1. The van der Waals surface area contributed by atoms with Crippen molar-refractivity contribution in [2.24, 2.45) is 11.8 Å². The van der Waals surface area contributed by atoms with Gasteiger partial charge in [0, 0.05) is 0 Å². The SMILES string of the molecule is CCCCC(CC)C[S][Sn]([CH2]CCC)([CH2]CCC)[S]CC(CC)CCCC. The fourth-order valence-corrected chi connectivity index (χ4v) is 35.2. The second kappa shape index (κ2) is 19.5. The van der Waals surface area contributed by atoms with Crippen molar-refractivity contribution in [3.05, 3.63) is 0 Å². The Morgan fingerprint density at radius 2 is 0.926 bits per heavy atom. The van der Waals surface area contributed by atoms with Gasteiger partial charge in [-0.25, -0.2) is 0 Å². The van der Waals surface area contributed by atoms with Gasteiger partial charge in [-0.2, -0.15) is 0 Å². The average Bonchev–Trinajstić information content (AvgIpc) is 2.70. The van der Waals surface area contributed by atoms with E-state index in [4.69, 9.17) is 0 Å². The summed E-state index contributed by atoms with van der Waals surface area (Å²) in [6.45, 7) is 14.4. The zero-order valence-electron chi connectivity index (χ0n) is 19.8. The molecule has 0 aliphatic carbocycles. The summed E-state index contributed by atoms with van der Waals surface area (Å²) in [5, 5.41) is 0. The van der Waals surface area contributed by atoms with Gasteiger partial charge in [-0.1, -0.05) is 0 Å². The Hall–Kier alpha value is 1.50. The summed E-state index contributed by atoms with van der Waals surface area (Å²) in [5.74, 6) is 4.94. The minimum atomic E-state index is -2.13. The molecule has 0 radical (unpaired) electrons. The van der Waals surface area contributed by atoms with E-state index >= 15 is 0 Å². The summed E-state index contributed by atoms with van der Waals surface area (Å²) >= 11 is -2.13. The van der Waals surface area contributed by atoms with E-state index in [0.717, 1.165) is 11.8 Å². The third-order valence-corrected chi connectivity index (χ3v) is 36.9. The van der Waals surface area contributed by atoms with Crippen LogP contribution in [0.5, 0.6) is 0 Å². The Kier molecular flexibility index (Phi) is 20.5. The molecular formula is C24H52S2Sn. The Labute approximate surface area is 183 Å². The van der Waals surface area contributed by atoms with E-state index in [0.29, 0.717) is 0 Å². The zero-order valence-corrected chi connectivity index (χ0v) is 24.3. The van der Waals surface area contributed by atoms with Gasteiger partial charge < -0.3 is 0 Å².